The molecule has 7 nitrogen and oxygen atoms in total. The first-order chi connectivity index (χ1) is 9.69. The Morgan fingerprint density at radius 1 is 1.52 bits per heavy atom. The minimum absolute atomic E-state index is 0.451. The predicted molar refractivity (Wildman–Crippen MR) is 64.3 cm³/mol. The number of rotatable bonds is 5. The van der Waals surface area contributed by atoms with E-state index < -0.39 is 46.7 Å². The minimum atomic E-state index is -4.54. The predicted octanol–water partition coefficient (Wildman–Crippen LogP) is 2.22. The van der Waals surface area contributed by atoms with E-state index in [2.05, 4.69) is 4.98 Å². The monoisotopic (exact) mass is 305 g/mol. The van der Waals surface area contributed by atoms with Gasteiger partial charge >= 0.3 is 17.8 Å². The lowest BCUT2D eigenvalue weighted by Gasteiger charge is -2.24. The van der Waals surface area contributed by atoms with Crippen molar-refractivity contribution in [3.05, 3.63) is 27.9 Å². The third kappa shape index (κ3) is 3.58. The number of hydrogen-bond donors (Lipinski definition) is 1. The zero-order valence-electron chi connectivity index (χ0n) is 10.5. The van der Waals surface area contributed by atoms with Crippen LogP contribution in [0, 0.1) is 10.1 Å². The Labute approximate surface area is 116 Å². The summed E-state index contributed by atoms with van der Waals surface area (Å²) in [4.78, 5) is 25.2. The van der Waals surface area contributed by atoms with Gasteiger partial charge in [0.25, 0.3) is 0 Å². The number of alkyl halides is 3. The third-order valence-corrected chi connectivity index (χ3v) is 2.90. The van der Waals surface area contributed by atoms with Crippen molar-refractivity contribution in [3.8, 4) is 0 Å². The van der Waals surface area contributed by atoms with Crippen molar-refractivity contribution >= 4 is 17.5 Å². The molecule has 1 aliphatic rings. The number of aromatic nitrogens is 1. The summed E-state index contributed by atoms with van der Waals surface area (Å²) < 4.78 is 37.8. The molecular formula is C11H10F3N3O4. The third-order valence-electron chi connectivity index (χ3n) is 2.90. The van der Waals surface area contributed by atoms with Crippen LogP contribution in [0.1, 0.15) is 23.2 Å². The molecule has 0 spiro atoms. The van der Waals surface area contributed by atoms with Crippen molar-refractivity contribution < 1.29 is 28.0 Å². The first-order valence-corrected chi connectivity index (χ1v) is 5.90. The van der Waals surface area contributed by atoms with E-state index in [4.69, 9.17) is 5.11 Å². The van der Waals surface area contributed by atoms with Crippen LogP contribution in [0.5, 0.6) is 0 Å². The highest BCUT2D eigenvalue weighted by molar-refractivity contribution is 5.88. The molecule has 1 fully saturated rings. The lowest BCUT2D eigenvalue weighted by atomic mass is 10.2. The second-order valence-corrected chi connectivity index (χ2v) is 4.60. The average molecular weight is 305 g/mol. The summed E-state index contributed by atoms with van der Waals surface area (Å²) in [5.74, 6) is -1.89. The smallest absolute Gasteiger partial charge is 0.405 e. The standard InChI is InChI=1S/C11H10F3N3O4/c12-11(13,14)5-16(7-1-2-7)9-8(17(20)21)3-6(4-15-9)10(18)19/h3-4,7H,1-2,5H2,(H,18,19). The molecule has 1 aliphatic carbocycles. The Morgan fingerprint density at radius 2 is 2.14 bits per heavy atom. The highest BCUT2D eigenvalue weighted by Gasteiger charge is 2.41. The number of halogens is 3. The molecule has 10 heteroatoms. The van der Waals surface area contributed by atoms with Crippen LogP contribution < -0.4 is 4.90 Å². The van der Waals surface area contributed by atoms with Gasteiger partial charge in [0.1, 0.15) is 6.54 Å². The van der Waals surface area contributed by atoms with E-state index in [1.165, 1.54) is 0 Å². The van der Waals surface area contributed by atoms with Gasteiger partial charge in [0, 0.05) is 18.3 Å². The number of carbonyl (C=O) groups is 1. The van der Waals surface area contributed by atoms with E-state index in [9.17, 15) is 28.1 Å². The molecule has 0 aromatic carbocycles. The van der Waals surface area contributed by atoms with E-state index in [1.54, 1.807) is 0 Å². The number of carboxylic acids is 1. The van der Waals surface area contributed by atoms with Crippen molar-refractivity contribution in [2.24, 2.45) is 0 Å². The van der Waals surface area contributed by atoms with Crippen LogP contribution in [-0.2, 0) is 0 Å². The Hall–Kier alpha value is -2.39. The van der Waals surface area contributed by atoms with Gasteiger partial charge in [0.05, 0.1) is 10.5 Å². The van der Waals surface area contributed by atoms with Crippen LogP contribution >= 0.6 is 0 Å². The molecule has 0 atom stereocenters. The Morgan fingerprint density at radius 3 is 2.57 bits per heavy atom. The van der Waals surface area contributed by atoms with Crippen molar-refractivity contribution in [2.45, 2.75) is 25.1 Å². The van der Waals surface area contributed by atoms with Crippen LogP contribution in [0.25, 0.3) is 0 Å². The number of nitro groups is 1. The van der Waals surface area contributed by atoms with Gasteiger partial charge in [0.15, 0.2) is 0 Å². The molecule has 0 radical (unpaired) electrons. The Kier molecular flexibility index (Phi) is 3.71. The summed E-state index contributed by atoms with van der Waals surface area (Å²) in [6.07, 6.45) is -2.76. The molecule has 114 valence electrons. The normalized spacial score (nSPS) is 14.8. The number of aromatic carboxylic acids is 1. The number of nitrogens with zero attached hydrogens (tertiary/aromatic N) is 3. The summed E-state index contributed by atoms with van der Waals surface area (Å²) in [6.45, 7) is -1.36. The van der Waals surface area contributed by atoms with Crippen LogP contribution in [-0.4, -0.2) is 39.7 Å². The highest BCUT2D eigenvalue weighted by atomic mass is 19.4. The maximum absolute atomic E-state index is 12.6. The largest absolute Gasteiger partial charge is 0.478 e. The fourth-order valence-corrected chi connectivity index (χ4v) is 1.87. The summed E-state index contributed by atoms with van der Waals surface area (Å²) in [6, 6.07) is 0.254. The number of anilines is 1. The molecule has 21 heavy (non-hydrogen) atoms. The van der Waals surface area contributed by atoms with Crippen LogP contribution in [0.3, 0.4) is 0 Å². The number of carboxylic acid groups (broad SMARTS) is 1. The van der Waals surface area contributed by atoms with Gasteiger partial charge in [-0.25, -0.2) is 9.78 Å². The zero-order chi connectivity index (χ0) is 15.8. The molecular weight excluding hydrogens is 295 g/mol. The molecule has 1 heterocycles. The molecule has 0 saturated heterocycles. The van der Waals surface area contributed by atoms with E-state index in [0.29, 0.717) is 12.8 Å². The second-order valence-electron chi connectivity index (χ2n) is 4.60. The SMILES string of the molecule is O=C(O)c1cnc(N(CC(F)(F)F)C2CC2)c([N+](=O)[O-])c1. The van der Waals surface area contributed by atoms with Gasteiger partial charge in [-0.3, -0.25) is 10.1 Å². The summed E-state index contributed by atoms with van der Waals surface area (Å²) in [7, 11) is 0. The second kappa shape index (κ2) is 5.19. The van der Waals surface area contributed by atoms with E-state index in [1.807, 2.05) is 0 Å². The molecule has 1 saturated carbocycles. The molecule has 1 aromatic rings. The lowest BCUT2D eigenvalue weighted by molar-refractivity contribution is -0.384. The van der Waals surface area contributed by atoms with Gasteiger partial charge in [-0.2, -0.15) is 13.2 Å². The van der Waals surface area contributed by atoms with Gasteiger partial charge in [-0.15, -0.1) is 0 Å². The first-order valence-electron chi connectivity index (χ1n) is 5.90. The molecule has 0 bridgehead atoms. The molecule has 0 aliphatic heterocycles. The van der Waals surface area contributed by atoms with E-state index in [-0.39, 0.29) is 0 Å². The van der Waals surface area contributed by atoms with Crippen molar-refractivity contribution in [1.82, 2.24) is 4.98 Å². The molecule has 2 rings (SSSR count). The average Bonchev–Trinajstić information content (AvgIpc) is 3.18. The maximum Gasteiger partial charge on any atom is 0.405 e. The van der Waals surface area contributed by atoms with Gasteiger partial charge in [-0.05, 0) is 12.8 Å². The summed E-state index contributed by atoms with van der Waals surface area (Å²) in [5.41, 5.74) is -1.20. The van der Waals surface area contributed by atoms with Crippen LogP contribution in [0.15, 0.2) is 12.3 Å². The molecule has 0 unspecified atom stereocenters. The van der Waals surface area contributed by atoms with Crippen LogP contribution in [0.2, 0.25) is 0 Å². The van der Waals surface area contributed by atoms with Gasteiger partial charge in [-0.1, -0.05) is 0 Å². The van der Waals surface area contributed by atoms with Crippen molar-refractivity contribution in [1.29, 1.82) is 0 Å². The fourth-order valence-electron chi connectivity index (χ4n) is 1.87. The summed E-state index contributed by atoms with van der Waals surface area (Å²) >= 11 is 0. The van der Waals surface area contributed by atoms with Crippen LogP contribution in [0.4, 0.5) is 24.7 Å². The number of pyridine rings is 1. The first kappa shape index (κ1) is 15.0. The molecule has 1 N–H and O–H groups in total. The Balaban J connectivity index is 2.44. The quantitative estimate of drug-likeness (QED) is 0.662. The van der Waals surface area contributed by atoms with Crippen molar-refractivity contribution in [3.63, 3.8) is 0 Å². The maximum atomic E-state index is 12.6. The molecule has 1 aromatic heterocycles. The molecule has 0 amide bonds. The van der Waals surface area contributed by atoms with Gasteiger partial charge < -0.3 is 10.0 Å². The van der Waals surface area contributed by atoms with Gasteiger partial charge in [0.2, 0.25) is 5.82 Å². The zero-order valence-corrected chi connectivity index (χ0v) is 10.5. The van der Waals surface area contributed by atoms with E-state index in [0.717, 1.165) is 17.2 Å². The van der Waals surface area contributed by atoms with Crippen molar-refractivity contribution in [2.75, 3.05) is 11.4 Å². The summed E-state index contributed by atoms with van der Waals surface area (Å²) in [5, 5.41) is 19.7. The fraction of sp³-hybridized carbons (Fsp3) is 0.455. The highest BCUT2D eigenvalue weighted by Crippen LogP contribution is 2.37. The number of hydrogen-bond acceptors (Lipinski definition) is 5. The Bertz CT molecular complexity index is 587. The minimum Gasteiger partial charge on any atom is -0.478 e. The topological polar surface area (TPSA) is 96.6 Å². The lowest BCUT2D eigenvalue weighted by Crippen LogP contribution is -2.37. The van der Waals surface area contributed by atoms with E-state index >= 15 is 0 Å².